The van der Waals surface area contributed by atoms with E-state index in [0.717, 1.165) is 0 Å². The van der Waals surface area contributed by atoms with Crippen molar-refractivity contribution in [1.29, 1.82) is 5.26 Å². The third-order valence-corrected chi connectivity index (χ3v) is 0.962. The Labute approximate surface area is 55.3 Å². The molecule has 0 saturated heterocycles. The van der Waals surface area contributed by atoms with Crippen molar-refractivity contribution in [3.05, 3.63) is 31.2 Å². The van der Waals surface area contributed by atoms with E-state index in [9.17, 15) is 0 Å². The van der Waals surface area contributed by atoms with E-state index < -0.39 is 0 Å². The highest BCUT2D eigenvalue weighted by atomic mass is 14.6. The molecule has 0 spiro atoms. The Morgan fingerprint density at radius 2 is 2.22 bits per heavy atom. The molecule has 0 amide bonds. The van der Waals surface area contributed by atoms with Gasteiger partial charge in [-0.15, -0.1) is 13.2 Å². The van der Waals surface area contributed by atoms with E-state index in [1.165, 1.54) is 12.2 Å². The minimum Gasteiger partial charge on any atom is -0.323 e. The van der Waals surface area contributed by atoms with E-state index >= 15 is 0 Å². The Balaban J connectivity index is 3.97. The molecule has 1 atom stereocenters. The first-order chi connectivity index (χ1) is 4.26. The van der Waals surface area contributed by atoms with Crippen molar-refractivity contribution in [1.82, 2.24) is 0 Å². The molecule has 0 saturated carbocycles. The average Bonchev–Trinajstić information content (AvgIpc) is 1.90. The molecule has 1 radical (unpaired) electrons. The summed E-state index contributed by atoms with van der Waals surface area (Å²) in [6, 6.07) is 1.54. The van der Waals surface area contributed by atoms with Crippen LogP contribution >= 0.6 is 0 Å². The van der Waals surface area contributed by atoms with E-state index in [1.807, 2.05) is 6.07 Å². The number of rotatable bonds is 3. The minimum absolute atomic E-state index is 0.368. The zero-order valence-corrected chi connectivity index (χ0v) is 5.17. The summed E-state index contributed by atoms with van der Waals surface area (Å²) in [7, 11) is 0. The highest BCUT2D eigenvalue weighted by Crippen LogP contribution is 2.03. The molecule has 0 aliphatic rings. The van der Waals surface area contributed by atoms with Crippen LogP contribution in [0.5, 0.6) is 0 Å². The van der Waals surface area contributed by atoms with Gasteiger partial charge in [-0.05, 0) is 0 Å². The van der Waals surface area contributed by atoms with Gasteiger partial charge in [0.25, 0.3) is 0 Å². The fraction of sp³-hybridized carbons (Fsp3) is 0.143. The van der Waals surface area contributed by atoms with Gasteiger partial charge in [0.1, 0.15) is 5.92 Å². The largest absolute Gasteiger partial charge is 0.323 e. The lowest BCUT2D eigenvalue weighted by Crippen LogP contribution is -2.23. The number of hydrogen-bond acceptors (Lipinski definition) is 2. The van der Waals surface area contributed by atoms with Gasteiger partial charge in [0, 0.05) is 6.04 Å². The van der Waals surface area contributed by atoms with E-state index in [2.05, 4.69) is 13.2 Å². The maximum absolute atomic E-state index is 8.34. The Morgan fingerprint density at radius 3 is 2.33 bits per heavy atom. The number of nitrogens with zero attached hydrogens (tertiary/aromatic N) is 1. The fourth-order valence-electron chi connectivity index (χ4n) is 0.383. The van der Waals surface area contributed by atoms with E-state index in [-0.39, 0.29) is 6.04 Å². The topological polar surface area (TPSA) is 49.8 Å². The van der Waals surface area contributed by atoms with Crippen LogP contribution in [0.2, 0.25) is 0 Å². The molecule has 0 fully saturated rings. The summed E-state index contributed by atoms with van der Waals surface area (Å²) < 4.78 is 0. The Kier molecular flexibility index (Phi) is 3.41. The average molecular weight is 121 g/mol. The van der Waals surface area contributed by atoms with Crippen molar-refractivity contribution in [3.63, 3.8) is 0 Å². The summed E-state index contributed by atoms with van der Waals surface area (Å²) in [5.41, 5.74) is 5.39. The third kappa shape index (κ3) is 2.11. The third-order valence-electron chi connectivity index (χ3n) is 0.962. The Morgan fingerprint density at radius 1 is 1.67 bits per heavy atom. The standard InChI is InChI=1S/C7H9N2/c1-3-6(5-8)7(9)4-2/h3-4,7H,1-2,9H2. The summed E-state index contributed by atoms with van der Waals surface area (Å²) in [5.74, 6) is 0.449. The van der Waals surface area contributed by atoms with Gasteiger partial charge in [0.2, 0.25) is 0 Å². The lowest BCUT2D eigenvalue weighted by atomic mass is 10.0. The second-order valence-corrected chi connectivity index (χ2v) is 1.53. The molecule has 2 heteroatoms. The van der Waals surface area contributed by atoms with Gasteiger partial charge in [-0.2, -0.15) is 5.26 Å². The van der Waals surface area contributed by atoms with E-state index in [0.29, 0.717) is 5.92 Å². The molecular weight excluding hydrogens is 112 g/mol. The monoisotopic (exact) mass is 121 g/mol. The van der Waals surface area contributed by atoms with Crippen LogP contribution in [0.15, 0.2) is 25.3 Å². The van der Waals surface area contributed by atoms with Crippen molar-refractivity contribution in [2.75, 3.05) is 0 Å². The predicted octanol–water partition coefficient (Wildman–Crippen LogP) is 0.784. The molecular formula is C7H9N2. The first-order valence-corrected chi connectivity index (χ1v) is 2.53. The lowest BCUT2D eigenvalue weighted by molar-refractivity contribution is 0.916. The van der Waals surface area contributed by atoms with Crippen molar-refractivity contribution in [3.8, 4) is 6.07 Å². The maximum atomic E-state index is 8.34. The second kappa shape index (κ2) is 3.88. The molecule has 0 aromatic carbocycles. The molecule has 1 unspecified atom stereocenters. The zero-order valence-electron chi connectivity index (χ0n) is 5.17. The maximum Gasteiger partial charge on any atom is 0.117 e. The first kappa shape index (κ1) is 7.93. The van der Waals surface area contributed by atoms with Crippen LogP contribution in [-0.2, 0) is 0 Å². The van der Waals surface area contributed by atoms with Gasteiger partial charge in [-0.25, -0.2) is 0 Å². The van der Waals surface area contributed by atoms with Gasteiger partial charge >= 0.3 is 0 Å². The van der Waals surface area contributed by atoms with E-state index in [1.54, 1.807) is 0 Å². The molecule has 9 heavy (non-hydrogen) atoms. The van der Waals surface area contributed by atoms with Gasteiger partial charge in [0.05, 0.1) is 6.07 Å². The summed E-state index contributed by atoms with van der Waals surface area (Å²) in [6.45, 7) is 6.85. The molecule has 2 nitrogen and oxygen atoms in total. The summed E-state index contributed by atoms with van der Waals surface area (Å²) in [6.07, 6.45) is 2.94. The number of hydrogen-bond donors (Lipinski definition) is 1. The van der Waals surface area contributed by atoms with Crippen molar-refractivity contribution in [2.45, 2.75) is 6.04 Å². The highest BCUT2D eigenvalue weighted by molar-refractivity contribution is 5.30. The quantitative estimate of drug-likeness (QED) is 0.561. The van der Waals surface area contributed by atoms with Crippen molar-refractivity contribution < 1.29 is 0 Å². The van der Waals surface area contributed by atoms with Crippen molar-refractivity contribution in [2.24, 2.45) is 5.73 Å². The zero-order chi connectivity index (χ0) is 7.28. The molecule has 0 rings (SSSR count). The van der Waals surface area contributed by atoms with Crippen molar-refractivity contribution >= 4 is 0 Å². The molecule has 0 aliphatic carbocycles. The van der Waals surface area contributed by atoms with Crippen LogP contribution in [0.3, 0.4) is 0 Å². The van der Waals surface area contributed by atoms with Crippen LogP contribution < -0.4 is 5.73 Å². The summed E-state index contributed by atoms with van der Waals surface area (Å²) in [4.78, 5) is 0. The van der Waals surface area contributed by atoms with Gasteiger partial charge in [0.15, 0.2) is 0 Å². The Hall–Kier alpha value is -1.07. The minimum atomic E-state index is -0.368. The molecule has 2 N–H and O–H groups in total. The van der Waals surface area contributed by atoms with Gasteiger partial charge < -0.3 is 5.73 Å². The number of nitrogens with two attached hydrogens (primary N) is 1. The molecule has 0 aliphatic heterocycles. The molecule has 47 valence electrons. The van der Waals surface area contributed by atoms with Gasteiger partial charge in [-0.1, -0.05) is 12.2 Å². The van der Waals surface area contributed by atoms with Crippen LogP contribution in [0.1, 0.15) is 0 Å². The van der Waals surface area contributed by atoms with Crippen LogP contribution in [-0.4, -0.2) is 6.04 Å². The van der Waals surface area contributed by atoms with Crippen LogP contribution in [0.4, 0.5) is 0 Å². The second-order valence-electron chi connectivity index (χ2n) is 1.53. The summed E-state index contributed by atoms with van der Waals surface area (Å²) in [5, 5.41) is 8.34. The summed E-state index contributed by atoms with van der Waals surface area (Å²) >= 11 is 0. The highest BCUT2D eigenvalue weighted by Gasteiger charge is 2.09. The van der Waals surface area contributed by atoms with Crippen LogP contribution in [0.25, 0.3) is 0 Å². The molecule has 0 aromatic heterocycles. The predicted molar refractivity (Wildman–Crippen MR) is 37.2 cm³/mol. The first-order valence-electron chi connectivity index (χ1n) is 2.53. The SMILES string of the molecule is C=C[C](C#N)C(N)C=C. The normalized spacial score (nSPS) is 12.1. The fourth-order valence-corrected chi connectivity index (χ4v) is 0.383. The number of nitriles is 1. The van der Waals surface area contributed by atoms with Gasteiger partial charge in [-0.3, -0.25) is 0 Å². The smallest absolute Gasteiger partial charge is 0.117 e. The van der Waals surface area contributed by atoms with E-state index in [4.69, 9.17) is 11.0 Å². The van der Waals surface area contributed by atoms with Crippen LogP contribution in [0, 0.1) is 17.2 Å². The lowest BCUT2D eigenvalue weighted by Gasteiger charge is -2.05. The molecule has 0 aromatic rings. The molecule has 0 heterocycles. The Bertz CT molecular complexity index is 143. The molecule has 0 bridgehead atoms.